The summed E-state index contributed by atoms with van der Waals surface area (Å²) in [5, 5.41) is 8.73. The first kappa shape index (κ1) is 12.4. The van der Waals surface area contributed by atoms with Crippen molar-refractivity contribution < 1.29 is 9.90 Å². The number of carbonyl (C=O) groups excluding carboxylic acids is 1. The molecular formula is C9H20N2O2. The maximum Gasteiger partial charge on any atom is 0.223 e. The van der Waals surface area contributed by atoms with Crippen LogP contribution in [0.4, 0.5) is 0 Å². The molecule has 1 amide bonds. The summed E-state index contributed by atoms with van der Waals surface area (Å²) in [5.41, 5.74) is 5.28. The van der Waals surface area contributed by atoms with Crippen LogP contribution in [0.5, 0.6) is 0 Å². The van der Waals surface area contributed by atoms with E-state index in [1.54, 1.807) is 4.90 Å². The third-order valence-electron chi connectivity index (χ3n) is 1.86. The molecule has 0 aromatic rings. The van der Waals surface area contributed by atoms with Crippen LogP contribution in [0.1, 0.15) is 26.2 Å². The number of amides is 1. The van der Waals surface area contributed by atoms with Gasteiger partial charge in [-0.2, -0.15) is 0 Å². The maximum absolute atomic E-state index is 11.4. The molecule has 78 valence electrons. The second-order valence-electron chi connectivity index (χ2n) is 3.00. The second kappa shape index (κ2) is 8.01. The third-order valence-corrected chi connectivity index (χ3v) is 1.86. The van der Waals surface area contributed by atoms with Crippen LogP contribution in [-0.4, -0.2) is 42.2 Å². The standard InChI is InChI=1S/C9H20N2O2/c1-2-3-6-11(7-8-12)9(13)4-5-10/h12H,2-8,10H2,1H3. The second-order valence-corrected chi connectivity index (χ2v) is 3.00. The van der Waals surface area contributed by atoms with Crippen molar-refractivity contribution in [1.29, 1.82) is 0 Å². The van der Waals surface area contributed by atoms with E-state index in [2.05, 4.69) is 6.92 Å². The lowest BCUT2D eigenvalue weighted by atomic mass is 10.3. The molecule has 0 saturated carbocycles. The van der Waals surface area contributed by atoms with E-state index in [-0.39, 0.29) is 12.5 Å². The first-order chi connectivity index (χ1) is 6.26. The zero-order chi connectivity index (χ0) is 10.1. The summed E-state index contributed by atoms with van der Waals surface area (Å²) in [7, 11) is 0. The van der Waals surface area contributed by atoms with E-state index in [0.29, 0.717) is 19.5 Å². The number of aliphatic hydroxyl groups is 1. The summed E-state index contributed by atoms with van der Waals surface area (Å²) in [6, 6.07) is 0. The summed E-state index contributed by atoms with van der Waals surface area (Å²) in [6.07, 6.45) is 2.41. The third kappa shape index (κ3) is 5.60. The highest BCUT2D eigenvalue weighted by Gasteiger charge is 2.10. The number of hydrogen-bond acceptors (Lipinski definition) is 3. The largest absolute Gasteiger partial charge is 0.395 e. The lowest BCUT2D eigenvalue weighted by Gasteiger charge is -2.21. The fourth-order valence-corrected chi connectivity index (χ4v) is 1.11. The first-order valence-electron chi connectivity index (χ1n) is 4.85. The molecule has 0 spiro atoms. The van der Waals surface area contributed by atoms with Crippen molar-refractivity contribution in [1.82, 2.24) is 4.90 Å². The molecule has 13 heavy (non-hydrogen) atoms. The highest BCUT2D eigenvalue weighted by atomic mass is 16.3. The lowest BCUT2D eigenvalue weighted by Crippen LogP contribution is -2.35. The zero-order valence-electron chi connectivity index (χ0n) is 8.33. The Morgan fingerprint density at radius 3 is 2.62 bits per heavy atom. The minimum Gasteiger partial charge on any atom is -0.395 e. The molecular weight excluding hydrogens is 168 g/mol. The van der Waals surface area contributed by atoms with E-state index >= 15 is 0 Å². The number of unbranched alkanes of at least 4 members (excludes halogenated alkanes) is 1. The molecule has 0 atom stereocenters. The van der Waals surface area contributed by atoms with Crippen LogP contribution in [0.2, 0.25) is 0 Å². The molecule has 0 aliphatic rings. The quantitative estimate of drug-likeness (QED) is 0.589. The molecule has 0 rings (SSSR count). The molecule has 3 N–H and O–H groups in total. The van der Waals surface area contributed by atoms with Gasteiger partial charge in [-0.1, -0.05) is 13.3 Å². The van der Waals surface area contributed by atoms with Gasteiger partial charge in [0.2, 0.25) is 5.91 Å². The number of nitrogens with two attached hydrogens (primary N) is 1. The van der Waals surface area contributed by atoms with Gasteiger partial charge in [0.05, 0.1) is 6.61 Å². The van der Waals surface area contributed by atoms with Crippen LogP contribution in [0.15, 0.2) is 0 Å². The van der Waals surface area contributed by atoms with Crippen LogP contribution >= 0.6 is 0 Å². The zero-order valence-corrected chi connectivity index (χ0v) is 8.33. The van der Waals surface area contributed by atoms with Crippen LogP contribution in [0.25, 0.3) is 0 Å². The SMILES string of the molecule is CCCCN(CCO)C(=O)CCN. The molecule has 4 nitrogen and oxygen atoms in total. The number of aliphatic hydroxyl groups excluding tert-OH is 1. The average Bonchev–Trinajstić information content (AvgIpc) is 2.12. The van der Waals surface area contributed by atoms with Crippen molar-refractivity contribution in [3.8, 4) is 0 Å². The lowest BCUT2D eigenvalue weighted by molar-refractivity contribution is -0.131. The minimum absolute atomic E-state index is 0.0278. The topological polar surface area (TPSA) is 66.6 Å². The van der Waals surface area contributed by atoms with Crippen molar-refractivity contribution in [3.05, 3.63) is 0 Å². The Labute approximate surface area is 79.7 Å². The predicted molar refractivity (Wildman–Crippen MR) is 52.2 cm³/mol. The van der Waals surface area contributed by atoms with Gasteiger partial charge in [-0.05, 0) is 6.42 Å². The van der Waals surface area contributed by atoms with Gasteiger partial charge >= 0.3 is 0 Å². The van der Waals surface area contributed by atoms with Crippen molar-refractivity contribution in [2.75, 3.05) is 26.2 Å². The van der Waals surface area contributed by atoms with Gasteiger partial charge < -0.3 is 15.7 Å². The van der Waals surface area contributed by atoms with E-state index in [4.69, 9.17) is 10.8 Å². The normalized spacial score (nSPS) is 10.1. The molecule has 0 aromatic heterocycles. The predicted octanol–water partition coefficient (Wildman–Crippen LogP) is -0.0438. The molecule has 0 fully saturated rings. The molecule has 4 heteroatoms. The van der Waals surface area contributed by atoms with Crippen molar-refractivity contribution in [3.63, 3.8) is 0 Å². The van der Waals surface area contributed by atoms with Gasteiger partial charge in [0, 0.05) is 26.1 Å². The highest BCUT2D eigenvalue weighted by molar-refractivity contribution is 5.76. The summed E-state index contributed by atoms with van der Waals surface area (Å²) in [4.78, 5) is 13.1. The van der Waals surface area contributed by atoms with Gasteiger partial charge in [0.25, 0.3) is 0 Å². The van der Waals surface area contributed by atoms with E-state index in [1.807, 2.05) is 0 Å². The molecule has 0 radical (unpaired) electrons. The number of rotatable bonds is 7. The Morgan fingerprint density at radius 1 is 1.46 bits per heavy atom. The smallest absolute Gasteiger partial charge is 0.223 e. The van der Waals surface area contributed by atoms with Crippen LogP contribution in [-0.2, 0) is 4.79 Å². The fourth-order valence-electron chi connectivity index (χ4n) is 1.11. The summed E-state index contributed by atoms with van der Waals surface area (Å²) >= 11 is 0. The first-order valence-corrected chi connectivity index (χ1v) is 4.85. The van der Waals surface area contributed by atoms with E-state index in [9.17, 15) is 4.79 Å². The Balaban J connectivity index is 3.83. The monoisotopic (exact) mass is 188 g/mol. The van der Waals surface area contributed by atoms with Gasteiger partial charge in [0.1, 0.15) is 0 Å². The molecule has 0 aliphatic heterocycles. The fraction of sp³-hybridized carbons (Fsp3) is 0.889. The van der Waals surface area contributed by atoms with Crippen molar-refractivity contribution in [2.24, 2.45) is 5.73 Å². The number of carbonyl (C=O) groups is 1. The molecule has 0 saturated heterocycles. The van der Waals surface area contributed by atoms with E-state index < -0.39 is 0 Å². The van der Waals surface area contributed by atoms with Gasteiger partial charge in [-0.25, -0.2) is 0 Å². The van der Waals surface area contributed by atoms with E-state index in [1.165, 1.54) is 0 Å². The molecule has 0 aromatic carbocycles. The molecule has 0 unspecified atom stereocenters. The molecule has 0 heterocycles. The molecule has 0 bridgehead atoms. The summed E-state index contributed by atoms with van der Waals surface area (Å²) in [5.74, 6) is 0.0463. The summed E-state index contributed by atoms with van der Waals surface area (Å²) < 4.78 is 0. The Hall–Kier alpha value is -0.610. The van der Waals surface area contributed by atoms with Gasteiger partial charge in [0.15, 0.2) is 0 Å². The van der Waals surface area contributed by atoms with Crippen LogP contribution < -0.4 is 5.73 Å². The average molecular weight is 188 g/mol. The van der Waals surface area contributed by atoms with Gasteiger partial charge in [-0.3, -0.25) is 4.79 Å². The Kier molecular flexibility index (Phi) is 7.63. The minimum atomic E-state index is 0.0278. The van der Waals surface area contributed by atoms with Crippen LogP contribution in [0.3, 0.4) is 0 Å². The number of nitrogens with zero attached hydrogens (tertiary/aromatic N) is 1. The maximum atomic E-state index is 11.4. The van der Waals surface area contributed by atoms with Crippen molar-refractivity contribution in [2.45, 2.75) is 26.2 Å². The van der Waals surface area contributed by atoms with Gasteiger partial charge in [-0.15, -0.1) is 0 Å². The van der Waals surface area contributed by atoms with E-state index in [0.717, 1.165) is 19.4 Å². The Morgan fingerprint density at radius 2 is 2.15 bits per heavy atom. The van der Waals surface area contributed by atoms with Crippen molar-refractivity contribution >= 4 is 5.91 Å². The summed E-state index contributed by atoms with van der Waals surface area (Å²) in [6.45, 7) is 3.65. The van der Waals surface area contributed by atoms with Crippen LogP contribution in [0, 0.1) is 0 Å². The highest BCUT2D eigenvalue weighted by Crippen LogP contribution is 1.97. The number of hydrogen-bond donors (Lipinski definition) is 2. The Bertz CT molecular complexity index is 140. The molecule has 0 aliphatic carbocycles.